The van der Waals surface area contributed by atoms with Crippen molar-refractivity contribution >= 4 is 0 Å². The van der Waals surface area contributed by atoms with E-state index in [4.69, 9.17) is 12.0 Å². The van der Waals surface area contributed by atoms with Crippen molar-refractivity contribution in [1.82, 2.24) is 5.32 Å². The molecule has 0 aromatic carbocycles. The molecule has 2 heteroatoms. The Morgan fingerprint density at radius 3 is 2.57 bits per heavy atom. The average molecular weight is 101 g/mol. The van der Waals surface area contributed by atoms with Crippen LogP contribution in [0.1, 0.15) is 6.92 Å². The normalized spacial score (nSPS) is 14.1. The predicted molar refractivity (Wildman–Crippen MR) is 28.9 cm³/mol. The van der Waals surface area contributed by atoms with E-state index in [0.717, 1.165) is 0 Å². The van der Waals surface area contributed by atoms with Crippen LogP contribution in [0.2, 0.25) is 0 Å². The molecule has 0 aromatic heterocycles. The molecule has 2 nitrogen and oxygen atoms in total. The minimum absolute atomic E-state index is 0.130. The second kappa shape index (κ2) is 4.09. The third kappa shape index (κ3) is 3.76. The summed E-state index contributed by atoms with van der Waals surface area (Å²) in [5, 5.41) is 11.2. The molecule has 2 N–H and O–H groups in total. The van der Waals surface area contributed by atoms with Gasteiger partial charge in [0.15, 0.2) is 0 Å². The van der Waals surface area contributed by atoms with Crippen LogP contribution in [0.4, 0.5) is 0 Å². The van der Waals surface area contributed by atoms with Crippen LogP contribution >= 0.6 is 0 Å². The van der Waals surface area contributed by atoms with Gasteiger partial charge < -0.3 is 10.4 Å². The first kappa shape index (κ1) is 6.92. The molecule has 0 saturated heterocycles. The lowest BCUT2D eigenvalue weighted by Gasteiger charge is -2.05. The molecular formula is C5H11NO. The van der Waals surface area contributed by atoms with Gasteiger partial charge in [-0.2, -0.15) is 0 Å². The van der Waals surface area contributed by atoms with Crippen LogP contribution in [-0.4, -0.2) is 24.3 Å². The lowest BCUT2D eigenvalue weighted by Crippen LogP contribution is -2.28. The molecule has 0 amide bonds. The van der Waals surface area contributed by atoms with Crippen molar-refractivity contribution in [2.24, 2.45) is 0 Å². The van der Waals surface area contributed by atoms with Crippen molar-refractivity contribution < 1.29 is 5.11 Å². The van der Waals surface area contributed by atoms with Gasteiger partial charge in [-0.3, -0.25) is 0 Å². The molecule has 0 rings (SSSR count). The Labute approximate surface area is 44.5 Å². The van der Waals surface area contributed by atoms with E-state index in [1.54, 1.807) is 0 Å². The van der Waals surface area contributed by atoms with Gasteiger partial charge in [-0.15, -0.1) is 0 Å². The Morgan fingerprint density at radius 2 is 2.43 bits per heavy atom. The summed E-state index contributed by atoms with van der Waals surface area (Å²) >= 11 is 0. The molecule has 1 unspecified atom stereocenters. The maximum atomic E-state index is 8.35. The number of hydrogen-bond acceptors (Lipinski definition) is 2. The molecule has 0 aliphatic carbocycles. The molecule has 7 heavy (non-hydrogen) atoms. The van der Waals surface area contributed by atoms with Crippen molar-refractivity contribution in [3.8, 4) is 0 Å². The van der Waals surface area contributed by atoms with Crippen LogP contribution in [0.25, 0.3) is 0 Å². The first-order valence-corrected chi connectivity index (χ1v) is 2.35. The van der Waals surface area contributed by atoms with Gasteiger partial charge in [0.05, 0.1) is 6.61 Å². The highest BCUT2D eigenvalue weighted by Gasteiger charge is 1.91. The van der Waals surface area contributed by atoms with Crippen molar-refractivity contribution in [2.75, 3.05) is 13.2 Å². The molecular weight excluding hydrogens is 90.1 g/mol. The highest BCUT2D eigenvalue weighted by molar-refractivity contribution is 4.56. The van der Waals surface area contributed by atoms with E-state index in [-0.39, 0.29) is 12.6 Å². The van der Waals surface area contributed by atoms with Gasteiger partial charge in [-0.1, -0.05) is 0 Å². The van der Waals surface area contributed by atoms with E-state index in [9.17, 15) is 0 Å². The van der Waals surface area contributed by atoms with Gasteiger partial charge in [-0.05, 0) is 20.4 Å². The lowest BCUT2D eigenvalue weighted by molar-refractivity contribution is 0.255. The summed E-state index contributed by atoms with van der Waals surface area (Å²) < 4.78 is 0. The standard InChI is InChI=1S/C5H11NO/c1-3-6-5(2)4-7/h1,5-7H,3-4H2,2H3. The molecule has 0 fully saturated rings. The van der Waals surface area contributed by atoms with Crippen molar-refractivity contribution in [2.45, 2.75) is 13.0 Å². The number of nitrogens with one attached hydrogen (secondary N) is 1. The zero-order chi connectivity index (χ0) is 5.70. The SMILES string of the molecule is [CH]CNC(C)CO. The minimum Gasteiger partial charge on any atom is -0.395 e. The van der Waals surface area contributed by atoms with Crippen LogP contribution in [0.3, 0.4) is 0 Å². The summed E-state index contributed by atoms with van der Waals surface area (Å²) in [6, 6.07) is 0.130. The molecule has 0 spiro atoms. The summed E-state index contributed by atoms with van der Waals surface area (Å²) in [5.74, 6) is 0. The highest BCUT2D eigenvalue weighted by Crippen LogP contribution is 1.73. The molecule has 42 valence electrons. The van der Waals surface area contributed by atoms with E-state index in [2.05, 4.69) is 5.32 Å². The molecule has 0 saturated carbocycles. The topological polar surface area (TPSA) is 32.3 Å². The lowest BCUT2D eigenvalue weighted by atomic mass is 10.4. The van der Waals surface area contributed by atoms with E-state index in [0.29, 0.717) is 6.54 Å². The first-order chi connectivity index (χ1) is 3.31. The van der Waals surface area contributed by atoms with E-state index >= 15 is 0 Å². The Bertz CT molecular complexity index is 39.1. The third-order valence-corrected chi connectivity index (χ3v) is 0.740. The Morgan fingerprint density at radius 1 is 1.86 bits per heavy atom. The molecule has 0 aliphatic rings. The van der Waals surface area contributed by atoms with Gasteiger partial charge in [-0.25, -0.2) is 0 Å². The average Bonchev–Trinajstić information content (AvgIpc) is 1.68. The van der Waals surface area contributed by atoms with Gasteiger partial charge >= 0.3 is 0 Å². The number of aliphatic hydroxyl groups excluding tert-OH is 1. The third-order valence-electron chi connectivity index (χ3n) is 0.740. The number of aliphatic hydroxyl groups is 1. The Hall–Kier alpha value is -0.0800. The fourth-order valence-corrected chi connectivity index (χ4v) is 0.266. The molecule has 0 aromatic rings. The number of rotatable bonds is 3. The van der Waals surface area contributed by atoms with Gasteiger partial charge in [0.1, 0.15) is 0 Å². The van der Waals surface area contributed by atoms with Gasteiger partial charge in [0.25, 0.3) is 0 Å². The number of hydrogen-bond donors (Lipinski definition) is 2. The van der Waals surface area contributed by atoms with Crippen LogP contribution in [-0.2, 0) is 0 Å². The zero-order valence-corrected chi connectivity index (χ0v) is 4.52. The smallest absolute Gasteiger partial charge is 0.0581 e. The van der Waals surface area contributed by atoms with Gasteiger partial charge in [0, 0.05) is 6.04 Å². The molecule has 0 bridgehead atoms. The summed E-state index contributed by atoms with van der Waals surface area (Å²) in [6.07, 6.45) is 0. The molecule has 0 aliphatic heterocycles. The fourth-order valence-electron chi connectivity index (χ4n) is 0.266. The van der Waals surface area contributed by atoms with Crippen molar-refractivity contribution in [1.29, 1.82) is 0 Å². The zero-order valence-electron chi connectivity index (χ0n) is 4.52. The predicted octanol–water partition coefficient (Wildman–Crippen LogP) is -0.332. The Balaban J connectivity index is 2.83. The van der Waals surface area contributed by atoms with Gasteiger partial charge in [0.2, 0.25) is 0 Å². The highest BCUT2D eigenvalue weighted by atomic mass is 16.3. The van der Waals surface area contributed by atoms with Crippen LogP contribution in [0.5, 0.6) is 0 Å². The Kier molecular flexibility index (Phi) is 4.04. The fraction of sp³-hybridized carbons (Fsp3) is 0.800. The molecule has 0 heterocycles. The van der Waals surface area contributed by atoms with E-state index < -0.39 is 0 Å². The molecule has 1 atom stereocenters. The summed E-state index contributed by atoms with van der Waals surface area (Å²) in [5.41, 5.74) is 0. The summed E-state index contributed by atoms with van der Waals surface area (Å²) in [6.45, 7) is 7.53. The second-order valence-electron chi connectivity index (χ2n) is 1.49. The van der Waals surface area contributed by atoms with Crippen LogP contribution < -0.4 is 5.32 Å². The van der Waals surface area contributed by atoms with Crippen LogP contribution in [0, 0.1) is 6.92 Å². The maximum absolute atomic E-state index is 8.35. The van der Waals surface area contributed by atoms with Crippen LogP contribution in [0.15, 0.2) is 0 Å². The largest absolute Gasteiger partial charge is 0.395 e. The summed E-state index contributed by atoms with van der Waals surface area (Å²) in [7, 11) is 0. The van der Waals surface area contributed by atoms with Crippen molar-refractivity contribution in [3.63, 3.8) is 0 Å². The van der Waals surface area contributed by atoms with E-state index in [1.807, 2.05) is 6.92 Å². The minimum atomic E-state index is 0.130. The quantitative estimate of drug-likeness (QED) is 0.510. The van der Waals surface area contributed by atoms with Crippen molar-refractivity contribution in [3.05, 3.63) is 6.92 Å². The first-order valence-electron chi connectivity index (χ1n) is 2.35. The monoisotopic (exact) mass is 101 g/mol. The molecule has 2 radical (unpaired) electrons. The maximum Gasteiger partial charge on any atom is 0.0581 e. The second-order valence-corrected chi connectivity index (χ2v) is 1.49. The van der Waals surface area contributed by atoms with E-state index in [1.165, 1.54) is 0 Å². The summed E-state index contributed by atoms with van der Waals surface area (Å²) in [4.78, 5) is 0.